The molecule has 1 aromatic heterocycles. The molecule has 248 valence electrons. The van der Waals surface area contributed by atoms with Crippen LogP contribution in [0.25, 0.3) is 0 Å². The number of alkyl halides is 1. The number of piperazine rings is 1. The van der Waals surface area contributed by atoms with Crippen molar-refractivity contribution in [2.45, 2.75) is 96.4 Å². The Bertz CT molecular complexity index is 1440. The zero-order chi connectivity index (χ0) is 32.1. The first kappa shape index (κ1) is 31.0. The van der Waals surface area contributed by atoms with Crippen LogP contribution in [0, 0.1) is 5.41 Å². The number of hydrogen-bond donors (Lipinski definition) is 0. The highest BCUT2D eigenvalue weighted by molar-refractivity contribution is 5.71. The lowest BCUT2D eigenvalue weighted by Crippen LogP contribution is -2.57. The Morgan fingerprint density at radius 1 is 0.978 bits per heavy atom. The van der Waals surface area contributed by atoms with E-state index >= 15 is 0 Å². The van der Waals surface area contributed by atoms with Gasteiger partial charge >= 0.3 is 18.2 Å². The van der Waals surface area contributed by atoms with E-state index < -0.39 is 17.9 Å². The normalized spacial score (nSPS) is 25.0. The molecule has 3 unspecified atom stereocenters. The average Bonchev–Trinajstić information content (AvgIpc) is 3.29. The van der Waals surface area contributed by atoms with Gasteiger partial charge in [-0.15, -0.1) is 0 Å². The van der Waals surface area contributed by atoms with E-state index in [-0.39, 0.29) is 30.2 Å². The second-order valence-electron chi connectivity index (χ2n) is 14.7. The minimum absolute atomic E-state index is 0.00196. The van der Waals surface area contributed by atoms with Gasteiger partial charge in [-0.25, -0.2) is 14.0 Å². The molecule has 1 aliphatic carbocycles. The van der Waals surface area contributed by atoms with Crippen LogP contribution in [0.5, 0.6) is 6.01 Å². The highest BCUT2D eigenvalue weighted by Gasteiger charge is 2.47. The number of benzene rings is 1. The average molecular weight is 637 g/mol. The largest absolute Gasteiger partial charge is 0.463 e. The molecule has 46 heavy (non-hydrogen) atoms. The number of ether oxygens (including phenoxy) is 3. The molecule has 4 fully saturated rings. The van der Waals surface area contributed by atoms with Crippen LogP contribution in [0.1, 0.15) is 69.7 Å². The number of rotatable bonds is 8. The van der Waals surface area contributed by atoms with Crippen LogP contribution >= 0.6 is 0 Å². The molecule has 4 aliphatic heterocycles. The van der Waals surface area contributed by atoms with Gasteiger partial charge in [-0.05, 0) is 58.4 Å². The number of anilines is 1. The van der Waals surface area contributed by atoms with Gasteiger partial charge in [0.2, 0.25) is 0 Å². The molecule has 0 N–H and O–H groups in total. The second kappa shape index (κ2) is 12.2. The fraction of sp³-hybridized carbons (Fsp3) is 0.647. The first-order valence-corrected chi connectivity index (χ1v) is 16.7. The number of carbonyl (C=O) groups excluding carboxylic acids is 2. The van der Waals surface area contributed by atoms with Crippen LogP contribution in [-0.2, 0) is 29.2 Å². The van der Waals surface area contributed by atoms with Gasteiger partial charge in [-0.3, -0.25) is 14.7 Å². The Kier molecular flexibility index (Phi) is 8.19. The van der Waals surface area contributed by atoms with Crippen LogP contribution in [-0.4, -0.2) is 100 Å². The van der Waals surface area contributed by atoms with Crippen molar-refractivity contribution in [3.8, 4) is 6.01 Å². The maximum atomic E-state index is 13.8. The first-order valence-electron chi connectivity index (χ1n) is 16.7. The molecule has 11 nitrogen and oxygen atoms in total. The summed E-state index contributed by atoms with van der Waals surface area (Å²) in [4.78, 5) is 44.1. The van der Waals surface area contributed by atoms with Crippen LogP contribution in [0.15, 0.2) is 30.3 Å². The van der Waals surface area contributed by atoms with E-state index in [2.05, 4.69) is 9.80 Å². The molecule has 2 amide bonds. The van der Waals surface area contributed by atoms with Crippen molar-refractivity contribution in [1.29, 1.82) is 0 Å². The molecular weight excluding hydrogens is 591 g/mol. The van der Waals surface area contributed by atoms with Gasteiger partial charge in [0, 0.05) is 43.7 Å². The Morgan fingerprint density at radius 3 is 2.37 bits per heavy atom. The summed E-state index contributed by atoms with van der Waals surface area (Å²) >= 11 is 0. The third kappa shape index (κ3) is 6.72. The van der Waals surface area contributed by atoms with Crippen molar-refractivity contribution >= 4 is 18.0 Å². The molecule has 0 spiro atoms. The Morgan fingerprint density at radius 2 is 1.72 bits per heavy atom. The smallest absolute Gasteiger partial charge is 0.410 e. The Labute approximate surface area is 270 Å². The number of carbonyl (C=O) groups is 2. The summed E-state index contributed by atoms with van der Waals surface area (Å²) in [6.45, 7) is 10.3. The molecule has 5 heterocycles. The topological polar surface area (TPSA) is 101 Å². The number of likely N-dealkylation sites (tertiary alicyclic amines) is 1. The number of nitrogens with zero attached hydrogens (tertiary/aromatic N) is 6. The predicted molar refractivity (Wildman–Crippen MR) is 168 cm³/mol. The molecule has 1 aromatic carbocycles. The molecule has 2 bridgehead atoms. The monoisotopic (exact) mass is 636 g/mol. The maximum absolute atomic E-state index is 13.8. The van der Waals surface area contributed by atoms with Gasteiger partial charge in [0.25, 0.3) is 0 Å². The summed E-state index contributed by atoms with van der Waals surface area (Å²) in [6, 6.07) is 9.93. The summed E-state index contributed by atoms with van der Waals surface area (Å²) in [5.74, 6) is 0.753. The molecule has 7 rings (SSSR count). The zero-order valence-corrected chi connectivity index (χ0v) is 27.1. The van der Waals surface area contributed by atoms with E-state index in [1.807, 2.05) is 56.0 Å². The standard InChI is InChI=1S/C34H45FN6O5/c1-33(2,3)46-32(43)41-25-9-10-26(41)17-39(16-25)29-27-18-40(31(42)44-20-23-7-5-4-6-8-23)19-28(27)36-30(37-29)45-22-34(12-13-34)21-38-14-11-24(35)15-38/h4-8,24-26H,9-22H2,1-3H3. The Balaban J connectivity index is 1.09. The summed E-state index contributed by atoms with van der Waals surface area (Å²) in [6.07, 6.45) is 3.05. The minimum Gasteiger partial charge on any atom is -0.463 e. The lowest BCUT2D eigenvalue weighted by Gasteiger charge is -2.42. The van der Waals surface area contributed by atoms with Gasteiger partial charge in [-0.2, -0.15) is 9.97 Å². The number of halogens is 1. The molecular formula is C34H45FN6O5. The van der Waals surface area contributed by atoms with E-state index in [9.17, 15) is 14.0 Å². The van der Waals surface area contributed by atoms with Gasteiger partial charge in [0.05, 0.1) is 37.5 Å². The number of hydrogen-bond acceptors (Lipinski definition) is 9. The van der Waals surface area contributed by atoms with Gasteiger partial charge in [0.15, 0.2) is 0 Å². The van der Waals surface area contributed by atoms with Crippen molar-refractivity contribution < 1.29 is 28.2 Å². The van der Waals surface area contributed by atoms with Gasteiger partial charge in [0.1, 0.15) is 24.2 Å². The summed E-state index contributed by atoms with van der Waals surface area (Å²) < 4.78 is 31.6. The van der Waals surface area contributed by atoms with Crippen LogP contribution in [0.2, 0.25) is 0 Å². The lowest BCUT2D eigenvalue weighted by molar-refractivity contribution is 0.0122. The molecule has 12 heteroatoms. The highest BCUT2D eigenvalue weighted by atomic mass is 19.1. The SMILES string of the molecule is CC(C)(C)OC(=O)N1C2CCC1CN(c1nc(OCC3(CN4CCC(F)C4)CC3)nc3c1CN(C(=O)OCc1ccccc1)C3)C2. The number of aromatic nitrogens is 2. The number of fused-ring (bicyclic) bond motifs is 3. The van der Waals surface area contributed by atoms with Crippen LogP contribution < -0.4 is 9.64 Å². The highest BCUT2D eigenvalue weighted by Crippen LogP contribution is 2.47. The lowest BCUT2D eigenvalue weighted by atomic mass is 10.1. The molecule has 3 saturated heterocycles. The summed E-state index contributed by atoms with van der Waals surface area (Å²) in [5, 5.41) is 0. The molecule has 0 radical (unpaired) electrons. The van der Waals surface area contributed by atoms with E-state index in [0.29, 0.717) is 51.8 Å². The first-order chi connectivity index (χ1) is 22.0. The van der Waals surface area contributed by atoms with Crippen molar-refractivity contribution in [1.82, 2.24) is 24.7 Å². The molecule has 5 aliphatic rings. The third-order valence-corrected chi connectivity index (χ3v) is 9.83. The third-order valence-electron chi connectivity index (χ3n) is 9.83. The van der Waals surface area contributed by atoms with E-state index in [1.54, 1.807) is 4.90 Å². The predicted octanol–water partition coefficient (Wildman–Crippen LogP) is 4.92. The van der Waals surface area contributed by atoms with Gasteiger partial charge in [-0.1, -0.05) is 30.3 Å². The Hall–Kier alpha value is -3.67. The molecule has 3 atom stereocenters. The van der Waals surface area contributed by atoms with E-state index in [4.69, 9.17) is 24.2 Å². The summed E-state index contributed by atoms with van der Waals surface area (Å²) in [7, 11) is 0. The van der Waals surface area contributed by atoms with Crippen molar-refractivity contribution in [3.05, 3.63) is 47.2 Å². The van der Waals surface area contributed by atoms with E-state index in [0.717, 1.165) is 61.4 Å². The minimum atomic E-state index is -0.743. The van der Waals surface area contributed by atoms with Gasteiger partial charge < -0.3 is 19.1 Å². The van der Waals surface area contributed by atoms with Crippen molar-refractivity contribution in [2.75, 3.05) is 44.2 Å². The molecule has 1 saturated carbocycles. The quantitative estimate of drug-likeness (QED) is 0.400. The van der Waals surface area contributed by atoms with Crippen molar-refractivity contribution in [3.63, 3.8) is 0 Å². The molecule has 2 aromatic rings. The van der Waals surface area contributed by atoms with Crippen LogP contribution in [0.4, 0.5) is 19.8 Å². The summed E-state index contributed by atoms with van der Waals surface area (Å²) in [5.41, 5.74) is 2.00. The van der Waals surface area contributed by atoms with Crippen LogP contribution in [0.3, 0.4) is 0 Å². The van der Waals surface area contributed by atoms with Crippen molar-refractivity contribution in [2.24, 2.45) is 5.41 Å². The number of amides is 2. The second-order valence-corrected chi connectivity index (χ2v) is 14.7. The van der Waals surface area contributed by atoms with E-state index in [1.165, 1.54) is 0 Å². The maximum Gasteiger partial charge on any atom is 0.410 e. The zero-order valence-electron chi connectivity index (χ0n) is 27.1. The fourth-order valence-corrected chi connectivity index (χ4v) is 7.32. The fourth-order valence-electron chi connectivity index (χ4n) is 7.32.